The van der Waals surface area contributed by atoms with Crippen molar-refractivity contribution in [1.29, 1.82) is 0 Å². The van der Waals surface area contributed by atoms with E-state index in [-0.39, 0.29) is 0 Å². The molecule has 2 unspecified atom stereocenters. The molecule has 2 aliphatic heterocycles. The van der Waals surface area contributed by atoms with Crippen molar-refractivity contribution >= 4 is 15.9 Å². The third-order valence-corrected chi connectivity index (χ3v) is 5.45. The molecule has 0 radical (unpaired) electrons. The van der Waals surface area contributed by atoms with E-state index in [1.807, 2.05) is 0 Å². The summed E-state index contributed by atoms with van der Waals surface area (Å²) in [5.74, 6) is 0. The van der Waals surface area contributed by atoms with Gasteiger partial charge in [-0.25, -0.2) is 0 Å². The smallest absolute Gasteiger partial charge is 0.0253 e. The van der Waals surface area contributed by atoms with Crippen molar-refractivity contribution in [1.82, 2.24) is 10.2 Å². The molecule has 2 nitrogen and oxygen atoms in total. The Hall–Kier alpha value is -0.380. The molecule has 2 fully saturated rings. The average molecular weight is 323 g/mol. The van der Waals surface area contributed by atoms with E-state index in [4.69, 9.17) is 0 Å². The van der Waals surface area contributed by atoms with Crippen LogP contribution in [0.3, 0.4) is 0 Å². The quantitative estimate of drug-likeness (QED) is 0.916. The Morgan fingerprint density at radius 1 is 1.32 bits per heavy atom. The minimum atomic E-state index is 0.733. The Labute approximate surface area is 124 Å². The van der Waals surface area contributed by atoms with Gasteiger partial charge < -0.3 is 5.32 Å². The number of likely N-dealkylation sites (tertiary alicyclic amines) is 1. The molecule has 2 aliphatic rings. The molecule has 2 heterocycles. The number of rotatable bonds is 3. The summed E-state index contributed by atoms with van der Waals surface area (Å²) < 4.78 is 1.24. The van der Waals surface area contributed by atoms with Gasteiger partial charge in [0.1, 0.15) is 0 Å². The first kappa shape index (κ1) is 13.6. The standard InChI is InChI=1S/C16H23BrN2/c1-12-6-7-13(10-14(12)17)11-19-9-3-5-16(19)15-4-2-8-18-15/h6-7,10,15-16,18H,2-5,8-9,11H2,1H3. The summed E-state index contributed by atoms with van der Waals surface area (Å²) in [5, 5.41) is 3.68. The zero-order valence-electron chi connectivity index (χ0n) is 11.7. The van der Waals surface area contributed by atoms with Gasteiger partial charge >= 0.3 is 0 Å². The van der Waals surface area contributed by atoms with Crippen LogP contribution < -0.4 is 5.32 Å². The number of benzene rings is 1. The summed E-state index contributed by atoms with van der Waals surface area (Å²) in [7, 11) is 0. The Bertz CT molecular complexity index is 440. The van der Waals surface area contributed by atoms with Crippen LogP contribution >= 0.6 is 15.9 Å². The summed E-state index contributed by atoms with van der Waals surface area (Å²) in [6.45, 7) is 5.72. The largest absolute Gasteiger partial charge is 0.312 e. The van der Waals surface area contributed by atoms with Crippen molar-refractivity contribution in [3.63, 3.8) is 0 Å². The Morgan fingerprint density at radius 2 is 2.21 bits per heavy atom. The fraction of sp³-hybridized carbons (Fsp3) is 0.625. The summed E-state index contributed by atoms with van der Waals surface area (Å²) >= 11 is 3.65. The highest BCUT2D eigenvalue weighted by atomic mass is 79.9. The van der Waals surface area contributed by atoms with Crippen molar-refractivity contribution < 1.29 is 0 Å². The van der Waals surface area contributed by atoms with E-state index >= 15 is 0 Å². The van der Waals surface area contributed by atoms with Gasteiger partial charge in [-0.1, -0.05) is 28.1 Å². The molecule has 0 aromatic heterocycles. The van der Waals surface area contributed by atoms with Crippen LogP contribution in [0.25, 0.3) is 0 Å². The predicted octanol–water partition coefficient (Wildman–Crippen LogP) is 3.47. The molecular weight excluding hydrogens is 300 g/mol. The molecule has 2 saturated heterocycles. The lowest BCUT2D eigenvalue weighted by Crippen LogP contribution is -2.43. The second-order valence-corrected chi connectivity index (χ2v) is 6.82. The maximum atomic E-state index is 3.68. The van der Waals surface area contributed by atoms with Crippen LogP contribution in [0.15, 0.2) is 22.7 Å². The molecule has 2 atom stereocenters. The monoisotopic (exact) mass is 322 g/mol. The molecular formula is C16H23BrN2. The molecule has 19 heavy (non-hydrogen) atoms. The zero-order valence-corrected chi connectivity index (χ0v) is 13.2. The SMILES string of the molecule is Cc1ccc(CN2CCCC2C2CCCN2)cc1Br. The highest BCUT2D eigenvalue weighted by molar-refractivity contribution is 9.10. The van der Waals surface area contributed by atoms with Crippen LogP contribution in [0.4, 0.5) is 0 Å². The zero-order chi connectivity index (χ0) is 13.2. The fourth-order valence-electron chi connectivity index (χ4n) is 3.51. The van der Waals surface area contributed by atoms with Crippen molar-refractivity contribution in [3.8, 4) is 0 Å². The Balaban J connectivity index is 1.69. The number of nitrogens with one attached hydrogen (secondary N) is 1. The van der Waals surface area contributed by atoms with Crippen LogP contribution in [-0.4, -0.2) is 30.1 Å². The molecule has 0 saturated carbocycles. The molecule has 104 valence electrons. The lowest BCUT2D eigenvalue weighted by Gasteiger charge is -2.29. The van der Waals surface area contributed by atoms with Crippen molar-refractivity contribution in [2.45, 2.75) is 51.2 Å². The van der Waals surface area contributed by atoms with Crippen LogP contribution in [0, 0.1) is 6.92 Å². The van der Waals surface area contributed by atoms with Gasteiger partial charge in [0.05, 0.1) is 0 Å². The molecule has 1 aromatic carbocycles. The third kappa shape index (κ3) is 3.04. The lowest BCUT2D eigenvalue weighted by atomic mass is 10.0. The first-order valence-corrected chi connectivity index (χ1v) is 8.26. The van der Waals surface area contributed by atoms with E-state index < -0.39 is 0 Å². The van der Waals surface area contributed by atoms with Crippen LogP contribution in [0.1, 0.15) is 36.8 Å². The van der Waals surface area contributed by atoms with Gasteiger partial charge in [0.15, 0.2) is 0 Å². The first-order chi connectivity index (χ1) is 9.24. The Morgan fingerprint density at radius 3 is 2.95 bits per heavy atom. The lowest BCUT2D eigenvalue weighted by molar-refractivity contribution is 0.206. The predicted molar refractivity (Wildman–Crippen MR) is 83.3 cm³/mol. The molecule has 0 aliphatic carbocycles. The van der Waals surface area contributed by atoms with Gasteiger partial charge in [0.2, 0.25) is 0 Å². The van der Waals surface area contributed by atoms with Crippen LogP contribution in [0.5, 0.6) is 0 Å². The minimum Gasteiger partial charge on any atom is -0.312 e. The highest BCUT2D eigenvalue weighted by Crippen LogP contribution is 2.27. The van der Waals surface area contributed by atoms with E-state index in [1.54, 1.807) is 0 Å². The second kappa shape index (κ2) is 5.94. The van der Waals surface area contributed by atoms with Crippen molar-refractivity contribution in [2.75, 3.05) is 13.1 Å². The van der Waals surface area contributed by atoms with Crippen molar-refractivity contribution in [2.24, 2.45) is 0 Å². The third-order valence-electron chi connectivity index (χ3n) is 4.60. The fourth-order valence-corrected chi connectivity index (χ4v) is 3.94. The van der Waals surface area contributed by atoms with Gasteiger partial charge in [-0.05, 0) is 62.9 Å². The van der Waals surface area contributed by atoms with Gasteiger partial charge in [-0.15, -0.1) is 0 Å². The van der Waals surface area contributed by atoms with E-state index in [2.05, 4.69) is 51.3 Å². The number of hydrogen-bond donors (Lipinski definition) is 1. The molecule has 0 spiro atoms. The maximum Gasteiger partial charge on any atom is 0.0253 e. The van der Waals surface area contributed by atoms with E-state index in [9.17, 15) is 0 Å². The highest BCUT2D eigenvalue weighted by Gasteiger charge is 2.32. The summed E-state index contributed by atoms with van der Waals surface area (Å²) in [4.78, 5) is 2.68. The van der Waals surface area contributed by atoms with Crippen LogP contribution in [0.2, 0.25) is 0 Å². The van der Waals surface area contributed by atoms with Gasteiger partial charge in [-0.3, -0.25) is 4.90 Å². The molecule has 0 bridgehead atoms. The normalized spacial score (nSPS) is 28.1. The Kier molecular flexibility index (Phi) is 4.25. The maximum absolute atomic E-state index is 3.68. The number of nitrogens with zero attached hydrogens (tertiary/aromatic N) is 1. The number of hydrogen-bond acceptors (Lipinski definition) is 2. The van der Waals surface area contributed by atoms with E-state index in [1.165, 1.54) is 54.4 Å². The minimum absolute atomic E-state index is 0.733. The van der Waals surface area contributed by atoms with Gasteiger partial charge in [0.25, 0.3) is 0 Å². The van der Waals surface area contributed by atoms with Gasteiger partial charge in [0, 0.05) is 23.1 Å². The van der Waals surface area contributed by atoms with E-state index in [0.717, 1.165) is 18.6 Å². The van der Waals surface area contributed by atoms with Crippen molar-refractivity contribution in [3.05, 3.63) is 33.8 Å². The molecule has 3 heteroatoms. The van der Waals surface area contributed by atoms with Gasteiger partial charge in [-0.2, -0.15) is 0 Å². The molecule has 3 rings (SSSR count). The second-order valence-electron chi connectivity index (χ2n) is 5.97. The van der Waals surface area contributed by atoms with E-state index in [0.29, 0.717) is 0 Å². The molecule has 1 aromatic rings. The topological polar surface area (TPSA) is 15.3 Å². The summed E-state index contributed by atoms with van der Waals surface area (Å²) in [6.07, 6.45) is 5.43. The first-order valence-electron chi connectivity index (χ1n) is 7.46. The summed E-state index contributed by atoms with van der Waals surface area (Å²) in [5.41, 5.74) is 2.75. The molecule has 1 N–H and O–H groups in total. The number of aryl methyl sites for hydroxylation is 1. The van der Waals surface area contributed by atoms with Crippen LogP contribution in [-0.2, 0) is 6.54 Å². The summed E-state index contributed by atoms with van der Waals surface area (Å²) in [6, 6.07) is 8.27. The molecule has 0 amide bonds. The average Bonchev–Trinajstić information content (AvgIpc) is 3.04. The number of halogens is 1.